The number of amides is 1. The Morgan fingerprint density at radius 3 is 2.09 bits per heavy atom. The zero-order valence-corrected chi connectivity index (χ0v) is 12.7. The van der Waals surface area contributed by atoms with E-state index in [2.05, 4.69) is 10.5 Å². The Morgan fingerprint density at radius 2 is 1.55 bits per heavy atom. The summed E-state index contributed by atoms with van der Waals surface area (Å²) in [6.07, 6.45) is -1.23. The molecule has 0 aliphatic heterocycles. The largest absolute Gasteiger partial charge is 0.378 e. The molecule has 22 heavy (non-hydrogen) atoms. The predicted molar refractivity (Wildman–Crippen MR) is 87.4 cm³/mol. The van der Waals surface area contributed by atoms with Crippen molar-refractivity contribution in [2.45, 2.75) is 20.0 Å². The molecule has 2 aromatic rings. The van der Waals surface area contributed by atoms with Gasteiger partial charge in [0, 0.05) is 0 Å². The van der Waals surface area contributed by atoms with Gasteiger partial charge in [0.2, 0.25) is 0 Å². The lowest BCUT2D eigenvalue weighted by molar-refractivity contribution is -0.129. The third-order valence-electron chi connectivity index (χ3n) is 3.27. The Kier molecular flexibility index (Phi) is 5.44. The lowest BCUT2D eigenvalue weighted by Crippen LogP contribution is -2.27. The molecule has 0 saturated carbocycles. The van der Waals surface area contributed by atoms with Gasteiger partial charge in [0.25, 0.3) is 5.91 Å². The van der Waals surface area contributed by atoms with E-state index in [1.54, 1.807) is 24.3 Å². The molecule has 0 fully saturated rings. The minimum Gasteiger partial charge on any atom is -0.378 e. The zero-order valence-electron chi connectivity index (χ0n) is 12.7. The fraction of sp³-hybridized carbons (Fsp3) is 0.222. The van der Waals surface area contributed by atoms with Gasteiger partial charge < -0.3 is 5.11 Å². The number of aliphatic hydroxyl groups is 1. The van der Waals surface area contributed by atoms with Crippen LogP contribution in [-0.4, -0.2) is 16.7 Å². The minimum absolute atomic E-state index is 0.150. The van der Waals surface area contributed by atoms with Crippen molar-refractivity contribution in [1.29, 1.82) is 0 Å². The third-order valence-corrected chi connectivity index (χ3v) is 3.27. The molecule has 1 amide bonds. The van der Waals surface area contributed by atoms with Crippen LogP contribution in [0.2, 0.25) is 0 Å². The van der Waals surface area contributed by atoms with Crippen molar-refractivity contribution >= 4 is 11.6 Å². The molecule has 0 aromatic heterocycles. The number of rotatable bonds is 5. The van der Waals surface area contributed by atoms with Crippen LogP contribution in [0.15, 0.2) is 65.8 Å². The zero-order chi connectivity index (χ0) is 15.9. The van der Waals surface area contributed by atoms with Gasteiger partial charge in [0.15, 0.2) is 6.10 Å². The van der Waals surface area contributed by atoms with Crippen molar-refractivity contribution in [2.75, 3.05) is 0 Å². The molecule has 2 rings (SSSR count). The minimum atomic E-state index is -1.23. The molecule has 2 N–H and O–H groups in total. The van der Waals surface area contributed by atoms with Crippen LogP contribution < -0.4 is 5.43 Å². The van der Waals surface area contributed by atoms with E-state index in [0.29, 0.717) is 5.56 Å². The first kappa shape index (κ1) is 15.9. The maximum absolute atomic E-state index is 12.0. The summed E-state index contributed by atoms with van der Waals surface area (Å²) in [7, 11) is 0. The third kappa shape index (κ3) is 4.02. The molecular weight excluding hydrogens is 276 g/mol. The number of hydrazone groups is 1. The fourth-order valence-corrected chi connectivity index (χ4v) is 2.10. The molecule has 0 unspecified atom stereocenters. The van der Waals surface area contributed by atoms with Gasteiger partial charge in [-0.2, -0.15) is 5.10 Å². The lowest BCUT2D eigenvalue weighted by Gasteiger charge is -2.13. The topological polar surface area (TPSA) is 61.7 Å². The summed E-state index contributed by atoms with van der Waals surface area (Å²) in [5, 5.41) is 14.2. The second-order valence-electron chi connectivity index (χ2n) is 5.31. The van der Waals surface area contributed by atoms with Crippen molar-refractivity contribution < 1.29 is 9.90 Å². The second-order valence-corrected chi connectivity index (χ2v) is 5.31. The Balaban J connectivity index is 2.13. The standard InChI is InChI=1S/C18H20N2O2/c1-13(2)16(14-9-5-3-6-10-14)19-20-18(22)17(21)15-11-7-4-8-12-15/h3-13,17,21H,1-2H3,(H,20,22)/b19-16-/t17-/m1/s1. The lowest BCUT2D eigenvalue weighted by atomic mass is 10.0. The molecule has 0 spiro atoms. The highest BCUT2D eigenvalue weighted by Gasteiger charge is 2.17. The van der Waals surface area contributed by atoms with Gasteiger partial charge in [-0.25, -0.2) is 5.43 Å². The smallest absolute Gasteiger partial charge is 0.273 e. The van der Waals surface area contributed by atoms with Gasteiger partial charge in [-0.05, 0) is 17.0 Å². The van der Waals surface area contributed by atoms with Crippen LogP contribution in [-0.2, 0) is 4.79 Å². The Hall–Kier alpha value is -2.46. The van der Waals surface area contributed by atoms with Crippen molar-refractivity contribution in [2.24, 2.45) is 11.0 Å². The van der Waals surface area contributed by atoms with Gasteiger partial charge in [0.1, 0.15) is 0 Å². The van der Waals surface area contributed by atoms with Gasteiger partial charge in [-0.3, -0.25) is 4.79 Å². The van der Waals surface area contributed by atoms with E-state index in [-0.39, 0.29) is 5.92 Å². The maximum Gasteiger partial charge on any atom is 0.273 e. The van der Waals surface area contributed by atoms with E-state index in [0.717, 1.165) is 11.3 Å². The van der Waals surface area contributed by atoms with Crippen LogP contribution in [0.25, 0.3) is 0 Å². The molecule has 114 valence electrons. The highest BCUT2D eigenvalue weighted by atomic mass is 16.3. The van der Waals surface area contributed by atoms with E-state index < -0.39 is 12.0 Å². The highest BCUT2D eigenvalue weighted by molar-refractivity contribution is 6.02. The fourth-order valence-electron chi connectivity index (χ4n) is 2.10. The van der Waals surface area contributed by atoms with E-state index in [1.165, 1.54) is 0 Å². The monoisotopic (exact) mass is 296 g/mol. The van der Waals surface area contributed by atoms with Crippen molar-refractivity contribution in [3.8, 4) is 0 Å². The van der Waals surface area contributed by atoms with Crippen molar-refractivity contribution in [3.05, 3.63) is 71.8 Å². The molecule has 2 aromatic carbocycles. The Bertz CT molecular complexity index is 637. The molecule has 4 heteroatoms. The quantitative estimate of drug-likeness (QED) is 0.658. The summed E-state index contributed by atoms with van der Waals surface area (Å²) >= 11 is 0. The molecule has 0 radical (unpaired) electrons. The normalized spacial score (nSPS) is 13.0. The number of carbonyl (C=O) groups excluding carboxylic acids is 1. The average molecular weight is 296 g/mol. The molecule has 0 aliphatic carbocycles. The van der Waals surface area contributed by atoms with Crippen LogP contribution in [0.5, 0.6) is 0 Å². The molecule has 4 nitrogen and oxygen atoms in total. The summed E-state index contributed by atoms with van der Waals surface area (Å²) in [6.45, 7) is 4.01. The summed E-state index contributed by atoms with van der Waals surface area (Å²) in [5.74, 6) is -0.392. The van der Waals surface area contributed by atoms with E-state index in [4.69, 9.17) is 0 Å². The predicted octanol–water partition coefficient (Wildman–Crippen LogP) is 2.90. The molecule has 0 aliphatic rings. The first-order valence-corrected chi connectivity index (χ1v) is 7.25. The first-order valence-electron chi connectivity index (χ1n) is 7.25. The molecule has 0 saturated heterocycles. The first-order chi connectivity index (χ1) is 10.6. The number of nitrogens with zero attached hydrogens (tertiary/aromatic N) is 1. The van der Waals surface area contributed by atoms with E-state index in [9.17, 15) is 9.90 Å². The van der Waals surface area contributed by atoms with E-state index in [1.807, 2.05) is 50.2 Å². The second kappa shape index (κ2) is 7.52. The molecule has 0 bridgehead atoms. The number of nitrogens with one attached hydrogen (secondary N) is 1. The maximum atomic E-state index is 12.0. The Labute approximate surface area is 130 Å². The van der Waals surface area contributed by atoms with Crippen LogP contribution >= 0.6 is 0 Å². The van der Waals surface area contributed by atoms with Crippen molar-refractivity contribution in [3.63, 3.8) is 0 Å². The van der Waals surface area contributed by atoms with Gasteiger partial charge in [-0.15, -0.1) is 0 Å². The SMILES string of the molecule is CC(C)/C(=N/NC(=O)[C@H](O)c1ccccc1)c1ccccc1. The van der Waals surface area contributed by atoms with Crippen LogP contribution in [0.1, 0.15) is 31.1 Å². The molecule has 0 heterocycles. The van der Waals surface area contributed by atoms with Gasteiger partial charge in [0.05, 0.1) is 5.71 Å². The summed E-state index contributed by atoms with van der Waals surface area (Å²) in [4.78, 5) is 12.0. The molecule has 1 atom stereocenters. The van der Waals surface area contributed by atoms with Crippen LogP contribution in [0, 0.1) is 5.92 Å². The van der Waals surface area contributed by atoms with Gasteiger partial charge in [-0.1, -0.05) is 74.5 Å². The Morgan fingerprint density at radius 1 is 1.00 bits per heavy atom. The summed E-state index contributed by atoms with van der Waals surface area (Å²) in [5.41, 5.74) is 4.73. The number of carbonyl (C=O) groups is 1. The van der Waals surface area contributed by atoms with Crippen LogP contribution in [0.3, 0.4) is 0 Å². The number of hydrogen-bond donors (Lipinski definition) is 2. The van der Waals surface area contributed by atoms with E-state index >= 15 is 0 Å². The number of aliphatic hydroxyl groups excluding tert-OH is 1. The van der Waals surface area contributed by atoms with Gasteiger partial charge >= 0.3 is 0 Å². The summed E-state index contributed by atoms with van der Waals surface area (Å²) < 4.78 is 0. The van der Waals surface area contributed by atoms with Crippen LogP contribution in [0.4, 0.5) is 0 Å². The highest BCUT2D eigenvalue weighted by Crippen LogP contribution is 2.13. The molecular formula is C18H20N2O2. The number of hydrogen-bond acceptors (Lipinski definition) is 3. The number of benzene rings is 2. The van der Waals surface area contributed by atoms with Crippen molar-refractivity contribution in [1.82, 2.24) is 5.43 Å². The average Bonchev–Trinajstić information content (AvgIpc) is 2.55. The summed E-state index contributed by atoms with van der Waals surface area (Å²) in [6, 6.07) is 18.5.